The number of halogens is 2. The largest absolute Gasteiger partial charge is 0.325 e. The lowest BCUT2D eigenvalue weighted by Crippen LogP contribution is -2.03. The van der Waals surface area contributed by atoms with E-state index in [1.807, 2.05) is 0 Å². The zero-order chi connectivity index (χ0) is 8.43. The Morgan fingerprint density at radius 3 is 2.91 bits per heavy atom. The number of hydrogen-bond donors (Lipinski definition) is 1. The summed E-state index contributed by atoms with van der Waals surface area (Å²) in [7, 11) is 0. The summed E-state index contributed by atoms with van der Waals surface area (Å²) >= 11 is 5.63. The molecule has 0 atom stereocenters. The van der Waals surface area contributed by atoms with Crippen LogP contribution in [0.3, 0.4) is 0 Å². The first-order valence-electron chi connectivity index (χ1n) is 3.16. The van der Waals surface area contributed by atoms with E-state index in [0.717, 1.165) is 0 Å². The SMILES string of the molecule is Cc1cc(F)c(CN)nc1Cl. The van der Waals surface area contributed by atoms with Gasteiger partial charge in [-0.05, 0) is 18.6 Å². The van der Waals surface area contributed by atoms with Crippen LogP contribution in [0.15, 0.2) is 6.07 Å². The van der Waals surface area contributed by atoms with Crippen LogP contribution in [-0.4, -0.2) is 4.98 Å². The van der Waals surface area contributed by atoms with Crippen LogP contribution in [0, 0.1) is 12.7 Å². The Hall–Kier alpha value is -0.670. The highest BCUT2D eigenvalue weighted by atomic mass is 35.5. The van der Waals surface area contributed by atoms with Crippen molar-refractivity contribution in [2.45, 2.75) is 13.5 Å². The number of nitrogens with zero attached hydrogens (tertiary/aromatic N) is 1. The lowest BCUT2D eigenvalue weighted by molar-refractivity contribution is 0.598. The Bertz CT molecular complexity index is 275. The van der Waals surface area contributed by atoms with E-state index >= 15 is 0 Å². The van der Waals surface area contributed by atoms with Crippen LogP contribution in [0.4, 0.5) is 4.39 Å². The molecule has 0 aliphatic heterocycles. The van der Waals surface area contributed by atoms with Crippen molar-refractivity contribution in [2.24, 2.45) is 5.73 Å². The van der Waals surface area contributed by atoms with Gasteiger partial charge in [0.1, 0.15) is 11.0 Å². The van der Waals surface area contributed by atoms with E-state index in [-0.39, 0.29) is 12.2 Å². The summed E-state index contributed by atoms with van der Waals surface area (Å²) in [4.78, 5) is 3.76. The zero-order valence-corrected chi connectivity index (χ0v) is 6.82. The first-order valence-corrected chi connectivity index (χ1v) is 3.54. The van der Waals surface area contributed by atoms with Crippen LogP contribution in [0.5, 0.6) is 0 Å². The molecule has 0 aromatic carbocycles. The van der Waals surface area contributed by atoms with Gasteiger partial charge in [0.2, 0.25) is 0 Å². The van der Waals surface area contributed by atoms with E-state index in [2.05, 4.69) is 4.98 Å². The summed E-state index contributed by atoms with van der Waals surface area (Å²) < 4.78 is 12.8. The number of nitrogens with two attached hydrogens (primary N) is 1. The molecule has 2 nitrogen and oxygen atoms in total. The van der Waals surface area contributed by atoms with Crippen molar-refractivity contribution in [3.05, 3.63) is 28.3 Å². The highest BCUT2D eigenvalue weighted by Gasteiger charge is 2.05. The van der Waals surface area contributed by atoms with E-state index in [4.69, 9.17) is 17.3 Å². The van der Waals surface area contributed by atoms with Gasteiger partial charge in [0.15, 0.2) is 0 Å². The molecule has 0 bridgehead atoms. The normalized spacial score (nSPS) is 10.2. The van der Waals surface area contributed by atoms with E-state index < -0.39 is 5.82 Å². The van der Waals surface area contributed by atoms with Gasteiger partial charge < -0.3 is 5.73 Å². The second-order valence-corrected chi connectivity index (χ2v) is 2.59. The highest BCUT2D eigenvalue weighted by molar-refractivity contribution is 6.30. The Morgan fingerprint density at radius 2 is 2.36 bits per heavy atom. The fraction of sp³-hybridized carbons (Fsp3) is 0.286. The minimum absolute atomic E-state index is 0.0752. The molecule has 0 radical (unpaired) electrons. The summed E-state index contributed by atoms with van der Waals surface area (Å²) in [5.41, 5.74) is 6.04. The number of hydrogen-bond acceptors (Lipinski definition) is 2. The molecule has 0 unspecified atom stereocenters. The number of pyridine rings is 1. The maximum absolute atomic E-state index is 12.8. The van der Waals surface area contributed by atoms with Crippen LogP contribution < -0.4 is 5.73 Å². The van der Waals surface area contributed by atoms with Crippen molar-refractivity contribution < 1.29 is 4.39 Å². The second-order valence-electron chi connectivity index (χ2n) is 2.23. The molecule has 60 valence electrons. The Kier molecular flexibility index (Phi) is 2.42. The van der Waals surface area contributed by atoms with E-state index in [0.29, 0.717) is 10.7 Å². The molecule has 1 rings (SSSR count). The lowest BCUT2D eigenvalue weighted by atomic mass is 10.2. The molecule has 2 N–H and O–H groups in total. The van der Waals surface area contributed by atoms with Crippen molar-refractivity contribution in [2.75, 3.05) is 0 Å². The van der Waals surface area contributed by atoms with Crippen LogP contribution in [-0.2, 0) is 6.54 Å². The predicted octanol–water partition coefficient (Wildman–Crippen LogP) is 1.64. The van der Waals surface area contributed by atoms with Gasteiger partial charge in [-0.25, -0.2) is 9.37 Å². The molecule has 4 heteroatoms. The summed E-state index contributed by atoms with van der Waals surface area (Å²) in [5.74, 6) is -0.394. The Morgan fingerprint density at radius 1 is 1.73 bits per heavy atom. The number of aryl methyl sites for hydroxylation is 1. The smallest absolute Gasteiger partial charge is 0.146 e. The molecule has 0 aliphatic carbocycles. The average molecular weight is 175 g/mol. The summed E-state index contributed by atoms with van der Waals surface area (Å²) in [6.45, 7) is 1.77. The minimum atomic E-state index is -0.394. The van der Waals surface area contributed by atoms with Crippen molar-refractivity contribution in [1.82, 2.24) is 4.98 Å². The van der Waals surface area contributed by atoms with Crippen LogP contribution in [0.25, 0.3) is 0 Å². The lowest BCUT2D eigenvalue weighted by Gasteiger charge is -2.01. The minimum Gasteiger partial charge on any atom is -0.325 e. The van der Waals surface area contributed by atoms with Gasteiger partial charge in [-0.1, -0.05) is 11.6 Å². The molecule has 1 heterocycles. The molecule has 1 aromatic heterocycles. The van der Waals surface area contributed by atoms with E-state index in [1.165, 1.54) is 6.07 Å². The molecule has 0 saturated heterocycles. The molecular weight excluding hydrogens is 167 g/mol. The van der Waals surface area contributed by atoms with E-state index in [1.54, 1.807) is 6.92 Å². The fourth-order valence-corrected chi connectivity index (χ4v) is 0.893. The summed E-state index contributed by atoms with van der Waals surface area (Å²) in [5, 5.41) is 0.312. The number of rotatable bonds is 1. The molecular formula is C7H8ClFN2. The van der Waals surface area contributed by atoms with Gasteiger partial charge in [-0.2, -0.15) is 0 Å². The van der Waals surface area contributed by atoms with Gasteiger partial charge in [0, 0.05) is 6.54 Å². The predicted molar refractivity (Wildman–Crippen MR) is 41.8 cm³/mol. The van der Waals surface area contributed by atoms with Crippen LogP contribution in [0.1, 0.15) is 11.3 Å². The Balaban J connectivity index is 3.21. The van der Waals surface area contributed by atoms with Crippen molar-refractivity contribution in [1.29, 1.82) is 0 Å². The Labute approximate surface area is 69.2 Å². The molecule has 0 saturated carbocycles. The second kappa shape index (κ2) is 3.15. The van der Waals surface area contributed by atoms with Crippen molar-refractivity contribution in [3.8, 4) is 0 Å². The zero-order valence-electron chi connectivity index (χ0n) is 6.06. The van der Waals surface area contributed by atoms with Gasteiger partial charge in [0.05, 0.1) is 5.69 Å². The summed E-state index contributed by atoms with van der Waals surface area (Å²) in [6, 6.07) is 1.33. The first kappa shape index (κ1) is 8.43. The van der Waals surface area contributed by atoms with Crippen LogP contribution >= 0.6 is 11.6 Å². The van der Waals surface area contributed by atoms with E-state index in [9.17, 15) is 4.39 Å². The first-order chi connectivity index (χ1) is 5.15. The fourth-order valence-electron chi connectivity index (χ4n) is 0.736. The third-order valence-electron chi connectivity index (χ3n) is 1.37. The average Bonchev–Trinajstić information content (AvgIpc) is 1.97. The maximum Gasteiger partial charge on any atom is 0.146 e. The summed E-state index contributed by atoms with van der Waals surface area (Å²) in [6.07, 6.45) is 0. The highest BCUT2D eigenvalue weighted by Crippen LogP contribution is 2.15. The number of aromatic nitrogens is 1. The van der Waals surface area contributed by atoms with Crippen LogP contribution in [0.2, 0.25) is 5.15 Å². The van der Waals surface area contributed by atoms with Gasteiger partial charge in [0.25, 0.3) is 0 Å². The third kappa shape index (κ3) is 1.67. The topological polar surface area (TPSA) is 38.9 Å². The molecule has 0 amide bonds. The standard InChI is InChI=1S/C7H8ClFN2/c1-4-2-5(9)6(3-10)11-7(4)8/h2H,3,10H2,1H3. The van der Waals surface area contributed by atoms with Crippen molar-refractivity contribution in [3.63, 3.8) is 0 Å². The molecule has 0 fully saturated rings. The molecule has 1 aromatic rings. The maximum atomic E-state index is 12.8. The van der Waals surface area contributed by atoms with Gasteiger partial charge >= 0.3 is 0 Å². The third-order valence-corrected chi connectivity index (χ3v) is 1.75. The van der Waals surface area contributed by atoms with Gasteiger partial charge in [-0.3, -0.25) is 0 Å². The monoisotopic (exact) mass is 174 g/mol. The van der Waals surface area contributed by atoms with Crippen molar-refractivity contribution >= 4 is 11.6 Å². The quantitative estimate of drug-likeness (QED) is 0.658. The molecule has 11 heavy (non-hydrogen) atoms. The molecule has 0 aliphatic rings. The van der Waals surface area contributed by atoms with Gasteiger partial charge in [-0.15, -0.1) is 0 Å². The molecule has 0 spiro atoms.